The minimum absolute atomic E-state index is 0.0226. The van der Waals surface area contributed by atoms with E-state index < -0.39 is 25.3 Å². The number of hydrogen-bond donors (Lipinski definition) is 0. The van der Waals surface area contributed by atoms with Crippen molar-refractivity contribution in [3.8, 4) is 0 Å². The molecule has 1 rings (SSSR count). The quantitative estimate of drug-likeness (QED) is 0.637. The van der Waals surface area contributed by atoms with Gasteiger partial charge >= 0.3 is 0 Å². The van der Waals surface area contributed by atoms with Crippen LogP contribution in [0.5, 0.6) is 0 Å². The fraction of sp³-hybridized carbons (Fsp3) is 1.00. The molecule has 72 valence electrons. The van der Waals surface area contributed by atoms with Gasteiger partial charge in [-0.3, -0.25) is 0 Å². The Hall–Kier alpha value is -0.250. The summed E-state index contributed by atoms with van der Waals surface area (Å²) in [6.07, 6.45) is -3.37. The summed E-state index contributed by atoms with van der Waals surface area (Å²) in [7, 11) is 0. The lowest BCUT2D eigenvalue weighted by Gasteiger charge is -2.31. The van der Waals surface area contributed by atoms with Gasteiger partial charge in [0.15, 0.2) is 6.86 Å². The first-order valence-corrected chi connectivity index (χ1v) is 4.11. The third-order valence-corrected chi connectivity index (χ3v) is 2.22. The SMILES string of the molecule is CC1CC(F)C(OCF)C(F)C1. The lowest BCUT2D eigenvalue weighted by Crippen LogP contribution is -2.41. The third kappa shape index (κ3) is 2.12. The largest absolute Gasteiger partial charge is 0.341 e. The molecule has 0 saturated heterocycles. The van der Waals surface area contributed by atoms with E-state index in [1.807, 2.05) is 0 Å². The van der Waals surface area contributed by atoms with Crippen molar-refractivity contribution in [1.82, 2.24) is 0 Å². The molecule has 2 unspecified atom stereocenters. The summed E-state index contributed by atoms with van der Waals surface area (Å²) in [5.74, 6) is 0.0226. The average Bonchev–Trinajstić information content (AvgIpc) is 1.96. The van der Waals surface area contributed by atoms with Gasteiger partial charge in [0.25, 0.3) is 0 Å². The van der Waals surface area contributed by atoms with E-state index in [4.69, 9.17) is 0 Å². The van der Waals surface area contributed by atoms with Gasteiger partial charge in [-0.2, -0.15) is 0 Å². The lowest BCUT2D eigenvalue weighted by molar-refractivity contribution is -0.105. The highest BCUT2D eigenvalue weighted by molar-refractivity contribution is 4.86. The van der Waals surface area contributed by atoms with E-state index in [1.165, 1.54) is 0 Å². The maximum atomic E-state index is 13.0. The van der Waals surface area contributed by atoms with Crippen molar-refractivity contribution < 1.29 is 17.9 Å². The molecule has 1 fully saturated rings. The highest BCUT2D eigenvalue weighted by Crippen LogP contribution is 2.30. The molecule has 1 aliphatic rings. The van der Waals surface area contributed by atoms with Crippen LogP contribution in [0.1, 0.15) is 19.8 Å². The monoisotopic (exact) mass is 182 g/mol. The van der Waals surface area contributed by atoms with Crippen molar-refractivity contribution in [2.45, 2.75) is 38.2 Å². The van der Waals surface area contributed by atoms with Gasteiger partial charge in [0, 0.05) is 0 Å². The van der Waals surface area contributed by atoms with Crippen LogP contribution in [0, 0.1) is 5.92 Å². The van der Waals surface area contributed by atoms with Crippen LogP contribution in [0.25, 0.3) is 0 Å². The Balaban J connectivity index is 2.48. The molecule has 0 aliphatic heterocycles. The summed E-state index contributed by atoms with van der Waals surface area (Å²) in [5, 5.41) is 0. The van der Waals surface area contributed by atoms with Crippen LogP contribution < -0.4 is 0 Å². The van der Waals surface area contributed by atoms with Crippen molar-refractivity contribution in [2.24, 2.45) is 5.92 Å². The van der Waals surface area contributed by atoms with Crippen LogP contribution in [0.3, 0.4) is 0 Å². The maximum absolute atomic E-state index is 13.0. The van der Waals surface area contributed by atoms with Gasteiger partial charge < -0.3 is 4.74 Å². The molecule has 2 atom stereocenters. The van der Waals surface area contributed by atoms with E-state index in [-0.39, 0.29) is 18.8 Å². The molecule has 0 aromatic heterocycles. The van der Waals surface area contributed by atoms with E-state index >= 15 is 0 Å². The van der Waals surface area contributed by atoms with E-state index in [0.717, 1.165) is 0 Å². The first-order chi connectivity index (χ1) is 5.65. The molecule has 1 aliphatic carbocycles. The summed E-state index contributed by atoms with van der Waals surface area (Å²) in [5.41, 5.74) is 0. The zero-order valence-corrected chi connectivity index (χ0v) is 6.97. The second-order valence-electron chi connectivity index (χ2n) is 3.35. The van der Waals surface area contributed by atoms with Crippen LogP contribution in [-0.2, 0) is 4.74 Å². The van der Waals surface area contributed by atoms with Gasteiger partial charge in [0.1, 0.15) is 18.4 Å². The minimum atomic E-state index is -1.36. The third-order valence-electron chi connectivity index (χ3n) is 2.22. The van der Waals surface area contributed by atoms with Crippen LogP contribution in [0.2, 0.25) is 0 Å². The summed E-state index contributed by atoms with van der Waals surface area (Å²) in [6.45, 7) is 0.671. The molecule has 0 radical (unpaired) electrons. The Kier molecular flexibility index (Phi) is 3.38. The van der Waals surface area contributed by atoms with Crippen molar-refractivity contribution in [2.75, 3.05) is 6.86 Å². The smallest absolute Gasteiger partial charge is 0.188 e. The van der Waals surface area contributed by atoms with Crippen LogP contribution in [0.4, 0.5) is 13.2 Å². The van der Waals surface area contributed by atoms with Crippen molar-refractivity contribution in [3.63, 3.8) is 0 Å². The average molecular weight is 182 g/mol. The first-order valence-electron chi connectivity index (χ1n) is 4.11. The van der Waals surface area contributed by atoms with Crippen molar-refractivity contribution in [1.29, 1.82) is 0 Å². The zero-order chi connectivity index (χ0) is 9.14. The van der Waals surface area contributed by atoms with Gasteiger partial charge in [-0.25, -0.2) is 13.2 Å². The first kappa shape index (κ1) is 9.84. The zero-order valence-electron chi connectivity index (χ0n) is 6.97. The van der Waals surface area contributed by atoms with Crippen LogP contribution in [-0.4, -0.2) is 25.3 Å². The highest BCUT2D eigenvalue weighted by atomic mass is 19.2. The van der Waals surface area contributed by atoms with Gasteiger partial charge in [0.05, 0.1) is 0 Å². The number of ether oxygens (including phenoxy) is 1. The molecule has 4 heteroatoms. The number of rotatable bonds is 2. The second kappa shape index (κ2) is 4.12. The lowest BCUT2D eigenvalue weighted by atomic mass is 9.86. The predicted octanol–water partition coefficient (Wildman–Crippen LogP) is 2.40. The van der Waals surface area contributed by atoms with Crippen LogP contribution in [0.15, 0.2) is 0 Å². The Morgan fingerprint density at radius 3 is 2.17 bits per heavy atom. The number of halogens is 3. The fourth-order valence-electron chi connectivity index (χ4n) is 1.64. The molecule has 1 nitrogen and oxygen atoms in total. The van der Waals surface area contributed by atoms with Gasteiger partial charge in [-0.05, 0) is 18.8 Å². The molecular formula is C8H13F3O. The molecular weight excluding hydrogens is 169 g/mol. The molecule has 0 aromatic rings. The molecule has 0 spiro atoms. The summed E-state index contributed by atoms with van der Waals surface area (Å²) >= 11 is 0. The maximum Gasteiger partial charge on any atom is 0.188 e. The molecule has 0 aromatic carbocycles. The second-order valence-corrected chi connectivity index (χ2v) is 3.35. The van der Waals surface area contributed by atoms with Gasteiger partial charge in [-0.1, -0.05) is 6.92 Å². The minimum Gasteiger partial charge on any atom is -0.341 e. The Labute approximate surface area is 69.9 Å². The predicted molar refractivity (Wildman–Crippen MR) is 39.0 cm³/mol. The molecule has 0 amide bonds. The standard InChI is InChI=1S/C8H13F3O/c1-5-2-6(10)8(12-4-9)7(11)3-5/h5-8H,2-4H2,1H3. The molecule has 0 bridgehead atoms. The van der Waals surface area contributed by atoms with E-state index in [0.29, 0.717) is 0 Å². The normalized spacial score (nSPS) is 43.0. The summed E-state index contributed by atoms with van der Waals surface area (Å²) in [4.78, 5) is 0. The van der Waals surface area contributed by atoms with E-state index in [2.05, 4.69) is 4.74 Å². The molecule has 0 heterocycles. The molecule has 1 saturated carbocycles. The van der Waals surface area contributed by atoms with E-state index in [1.54, 1.807) is 6.92 Å². The van der Waals surface area contributed by atoms with Crippen molar-refractivity contribution in [3.05, 3.63) is 0 Å². The highest BCUT2D eigenvalue weighted by Gasteiger charge is 2.37. The summed E-state index contributed by atoms with van der Waals surface area (Å²) in [6, 6.07) is 0. The van der Waals surface area contributed by atoms with Gasteiger partial charge in [-0.15, -0.1) is 0 Å². The topological polar surface area (TPSA) is 9.23 Å². The molecule has 0 N–H and O–H groups in total. The van der Waals surface area contributed by atoms with Crippen LogP contribution >= 0.6 is 0 Å². The Morgan fingerprint density at radius 1 is 1.25 bits per heavy atom. The Bertz CT molecular complexity index is 130. The fourth-order valence-corrected chi connectivity index (χ4v) is 1.64. The molecule has 12 heavy (non-hydrogen) atoms. The van der Waals surface area contributed by atoms with Gasteiger partial charge in [0.2, 0.25) is 0 Å². The number of hydrogen-bond acceptors (Lipinski definition) is 1. The number of alkyl halides is 3. The summed E-state index contributed by atoms with van der Waals surface area (Å²) < 4.78 is 42.0. The Morgan fingerprint density at radius 2 is 1.75 bits per heavy atom. The van der Waals surface area contributed by atoms with E-state index in [9.17, 15) is 13.2 Å². The van der Waals surface area contributed by atoms with Crippen molar-refractivity contribution >= 4 is 0 Å².